The number of carbonyl (C=O) groups excluding carboxylic acids is 1. The molecule has 1 amide bonds. The van der Waals surface area contributed by atoms with Gasteiger partial charge in [-0.05, 0) is 35.2 Å². The van der Waals surface area contributed by atoms with Gasteiger partial charge in [-0.15, -0.1) is 0 Å². The van der Waals surface area contributed by atoms with Crippen molar-refractivity contribution in [2.75, 3.05) is 25.1 Å². The van der Waals surface area contributed by atoms with Gasteiger partial charge in [0.15, 0.2) is 0 Å². The molecule has 1 atom stereocenters. The Balaban J connectivity index is 2.02. The number of primary amides is 1. The van der Waals surface area contributed by atoms with Gasteiger partial charge in [0.2, 0.25) is 5.91 Å². The molecule has 1 aliphatic rings. The number of likely N-dealkylation sites (N-methyl/N-ethyl adjacent to an activating group) is 1. The third-order valence-corrected chi connectivity index (χ3v) is 4.69. The third kappa shape index (κ3) is 3.29. The number of rotatable bonds is 3. The van der Waals surface area contributed by atoms with Crippen LogP contribution in [-0.4, -0.2) is 26.1 Å². The van der Waals surface area contributed by atoms with Crippen molar-refractivity contribution in [3.05, 3.63) is 64.7 Å². The predicted octanol–water partition coefficient (Wildman–Crippen LogP) is 3.10. The minimum Gasteiger partial charge on any atom is -0.372 e. The van der Waals surface area contributed by atoms with E-state index >= 15 is 0 Å². The van der Waals surface area contributed by atoms with Gasteiger partial charge in [-0.3, -0.25) is 4.79 Å². The third-order valence-electron chi connectivity index (χ3n) is 4.69. The van der Waals surface area contributed by atoms with Crippen molar-refractivity contribution < 1.29 is 9.53 Å². The Morgan fingerprint density at radius 2 is 2.08 bits per heavy atom. The second-order valence-corrected chi connectivity index (χ2v) is 6.25. The monoisotopic (exact) mass is 324 g/mol. The summed E-state index contributed by atoms with van der Waals surface area (Å²) in [5.74, 6) is -0.407. The molecule has 24 heavy (non-hydrogen) atoms. The molecule has 0 aliphatic carbocycles. The number of nitrogens with zero attached hydrogens (tertiary/aromatic N) is 1. The summed E-state index contributed by atoms with van der Waals surface area (Å²) in [6.45, 7) is 3.58. The highest BCUT2D eigenvalue weighted by Gasteiger charge is 2.23. The number of nitrogens with two attached hydrogens (primary N) is 1. The van der Waals surface area contributed by atoms with Crippen LogP contribution in [0.5, 0.6) is 0 Å². The van der Waals surface area contributed by atoms with Crippen molar-refractivity contribution in [1.29, 1.82) is 0 Å². The number of benzene rings is 2. The van der Waals surface area contributed by atoms with Crippen LogP contribution in [0.15, 0.2) is 42.5 Å². The quantitative estimate of drug-likeness (QED) is 0.944. The van der Waals surface area contributed by atoms with E-state index in [0.29, 0.717) is 12.2 Å². The van der Waals surface area contributed by atoms with Crippen molar-refractivity contribution in [2.24, 2.45) is 5.73 Å². The van der Waals surface area contributed by atoms with Crippen LogP contribution in [0.2, 0.25) is 0 Å². The van der Waals surface area contributed by atoms with Crippen molar-refractivity contribution in [3.8, 4) is 0 Å². The zero-order valence-corrected chi connectivity index (χ0v) is 14.3. The summed E-state index contributed by atoms with van der Waals surface area (Å²) in [4.78, 5) is 14.0. The summed E-state index contributed by atoms with van der Waals surface area (Å²) < 4.78 is 6.11. The predicted molar refractivity (Wildman–Crippen MR) is 96.4 cm³/mol. The molecule has 2 aromatic rings. The topological polar surface area (TPSA) is 55.6 Å². The smallest absolute Gasteiger partial charge is 0.249 e. The molecular formula is C20H24N2O2. The van der Waals surface area contributed by atoms with E-state index in [0.717, 1.165) is 24.9 Å². The van der Waals surface area contributed by atoms with Gasteiger partial charge < -0.3 is 15.4 Å². The fraction of sp³-hybridized carbons (Fsp3) is 0.350. The molecule has 0 spiro atoms. The van der Waals surface area contributed by atoms with Crippen LogP contribution in [0.3, 0.4) is 0 Å². The average Bonchev–Trinajstić information content (AvgIpc) is 2.58. The number of anilines is 1. The molecule has 4 heteroatoms. The Bertz CT molecular complexity index is 742. The first kappa shape index (κ1) is 16.5. The number of ether oxygens (including phenoxy) is 1. The normalized spacial score (nSPS) is 17.8. The van der Waals surface area contributed by atoms with Crippen molar-refractivity contribution in [2.45, 2.75) is 25.9 Å². The van der Waals surface area contributed by atoms with Gasteiger partial charge in [0, 0.05) is 31.3 Å². The Morgan fingerprint density at radius 3 is 2.83 bits per heavy atom. The molecule has 0 saturated carbocycles. The van der Waals surface area contributed by atoms with Crippen LogP contribution in [0, 0.1) is 0 Å². The fourth-order valence-corrected chi connectivity index (χ4v) is 3.31. The minimum absolute atomic E-state index is 0.159. The van der Waals surface area contributed by atoms with E-state index in [1.54, 1.807) is 6.07 Å². The first-order chi connectivity index (χ1) is 11.6. The van der Waals surface area contributed by atoms with E-state index in [1.807, 2.05) is 18.2 Å². The summed E-state index contributed by atoms with van der Waals surface area (Å²) >= 11 is 0. The van der Waals surface area contributed by atoms with Crippen LogP contribution < -0.4 is 10.6 Å². The van der Waals surface area contributed by atoms with Gasteiger partial charge in [0.05, 0.1) is 12.7 Å². The van der Waals surface area contributed by atoms with Crippen LogP contribution in [0.1, 0.15) is 40.1 Å². The lowest BCUT2D eigenvalue weighted by atomic mass is 9.93. The van der Waals surface area contributed by atoms with E-state index in [-0.39, 0.29) is 6.10 Å². The Labute approximate surface area is 143 Å². The van der Waals surface area contributed by atoms with Gasteiger partial charge in [0.1, 0.15) is 0 Å². The van der Waals surface area contributed by atoms with E-state index in [2.05, 4.69) is 37.1 Å². The molecule has 2 aromatic carbocycles. The van der Waals surface area contributed by atoms with Crippen molar-refractivity contribution in [3.63, 3.8) is 0 Å². The lowest BCUT2D eigenvalue weighted by molar-refractivity contribution is 0.0550. The highest BCUT2D eigenvalue weighted by atomic mass is 16.5. The fourth-order valence-electron chi connectivity index (χ4n) is 3.31. The molecule has 0 radical (unpaired) electrons. The molecule has 126 valence electrons. The molecule has 1 heterocycles. The number of hydrogen-bond donors (Lipinski definition) is 1. The summed E-state index contributed by atoms with van der Waals surface area (Å²) in [5.41, 5.74) is 10.8. The minimum atomic E-state index is -0.407. The highest BCUT2D eigenvalue weighted by molar-refractivity contribution is 5.94. The second kappa shape index (κ2) is 7.05. The van der Waals surface area contributed by atoms with Gasteiger partial charge in [-0.1, -0.05) is 37.3 Å². The van der Waals surface area contributed by atoms with Gasteiger partial charge in [-0.2, -0.15) is 0 Å². The number of fused-ring (bicyclic) bond motifs is 1. The number of carbonyl (C=O) groups is 1. The number of aryl methyl sites for hydroxylation is 1. The van der Waals surface area contributed by atoms with Crippen LogP contribution in [0.4, 0.5) is 5.69 Å². The molecule has 1 unspecified atom stereocenters. The lowest BCUT2D eigenvalue weighted by Crippen LogP contribution is -2.28. The molecule has 0 saturated heterocycles. The Morgan fingerprint density at radius 1 is 1.29 bits per heavy atom. The first-order valence-corrected chi connectivity index (χ1v) is 8.43. The van der Waals surface area contributed by atoms with Crippen molar-refractivity contribution in [1.82, 2.24) is 0 Å². The molecule has 1 aliphatic heterocycles. The number of amides is 1. The Hall–Kier alpha value is -2.33. The van der Waals surface area contributed by atoms with Crippen molar-refractivity contribution >= 4 is 11.6 Å². The first-order valence-electron chi connectivity index (χ1n) is 8.43. The highest BCUT2D eigenvalue weighted by Crippen LogP contribution is 2.32. The molecule has 2 N–H and O–H groups in total. The summed E-state index contributed by atoms with van der Waals surface area (Å²) in [6, 6.07) is 14.1. The maximum absolute atomic E-state index is 11.8. The maximum atomic E-state index is 11.8. The number of hydrogen-bond acceptors (Lipinski definition) is 3. The standard InChI is InChI=1S/C20H24N2O2/c1-3-14-8-9-18-15(12-14)13-19(24-11-10-22(18)2)16-6-4-5-7-17(16)20(21)23/h4-9,12,19H,3,10-11,13H2,1-2H3,(H2,21,23). The molecule has 0 bridgehead atoms. The lowest BCUT2D eigenvalue weighted by Gasteiger charge is -2.30. The zero-order chi connectivity index (χ0) is 17.1. The SMILES string of the molecule is CCc1ccc2c(c1)CC(c1ccccc1C(N)=O)OCCN2C. The van der Waals surface area contributed by atoms with Crippen LogP contribution in [-0.2, 0) is 17.6 Å². The summed E-state index contributed by atoms with van der Waals surface area (Å²) in [6.07, 6.45) is 1.58. The zero-order valence-electron chi connectivity index (χ0n) is 14.3. The molecule has 0 fully saturated rings. The largest absolute Gasteiger partial charge is 0.372 e. The van der Waals surface area contributed by atoms with E-state index in [4.69, 9.17) is 10.5 Å². The van der Waals surface area contributed by atoms with Gasteiger partial charge >= 0.3 is 0 Å². The van der Waals surface area contributed by atoms with Crippen LogP contribution >= 0.6 is 0 Å². The van der Waals surface area contributed by atoms with E-state index in [9.17, 15) is 4.79 Å². The molecule has 3 rings (SSSR count). The van der Waals surface area contributed by atoms with Gasteiger partial charge in [0.25, 0.3) is 0 Å². The second-order valence-electron chi connectivity index (χ2n) is 6.25. The average molecular weight is 324 g/mol. The molecule has 4 nitrogen and oxygen atoms in total. The van der Waals surface area contributed by atoms with Gasteiger partial charge in [-0.25, -0.2) is 0 Å². The van der Waals surface area contributed by atoms with E-state index < -0.39 is 5.91 Å². The molecule has 0 aromatic heterocycles. The maximum Gasteiger partial charge on any atom is 0.249 e. The van der Waals surface area contributed by atoms with E-state index in [1.165, 1.54) is 16.8 Å². The Kier molecular flexibility index (Phi) is 4.86. The molecular weight excluding hydrogens is 300 g/mol. The summed E-state index contributed by atoms with van der Waals surface area (Å²) in [5, 5.41) is 0. The summed E-state index contributed by atoms with van der Waals surface area (Å²) in [7, 11) is 2.09. The van der Waals surface area contributed by atoms with Crippen LogP contribution in [0.25, 0.3) is 0 Å².